The zero-order chi connectivity index (χ0) is 20.2. The second-order valence-corrected chi connectivity index (χ2v) is 8.47. The summed E-state index contributed by atoms with van der Waals surface area (Å²) in [4.78, 5) is -0.729. The summed E-state index contributed by atoms with van der Waals surface area (Å²) < 4.78 is 36.9. The van der Waals surface area contributed by atoms with Gasteiger partial charge in [0.25, 0.3) is 0 Å². The summed E-state index contributed by atoms with van der Waals surface area (Å²) in [5.74, 6) is 0.767. The van der Waals surface area contributed by atoms with Crippen molar-refractivity contribution in [2.45, 2.75) is 24.8 Å². The molecule has 27 heavy (non-hydrogen) atoms. The van der Waals surface area contributed by atoms with Gasteiger partial charge in [-0.25, -0.2) is 8.42 Å². The second kappa shape index (κ2) is 8.66. The third-order valence-corrected chi connectivity index (χ3v) is 5.83. The highest BCUT2D eigenvalue weighted by molar-refractivity contribution is 7.95. The van der Waals surface area contributed by atoms with Crippen molar-refractivity contribution in [2.75, 3.05) is 7.11 Å². The van der Waals surface area contributed by atoms with Gasteiger partial charge >= 0.3 is 0 Å². The average Bonchev–Trinajstić information content (AvgIpc) is 2.61. The molecule has 0 fully saturated rings. The molecule has 0 bridgehead atoms. The quantitative estimate of drug-likeness (QED) is 0.599. The van der Waals surface area contributed by atoms with Crippen molar-refractivity contribution in [1.29, 1.82) is 5.26 Å². The standard InChI is InChI=1S/C19H17Cl2NO4S/c1-12(2)26-19-13(5-4-6-17(19)25-3)9-15(11-22)27(23,24)18-10-14(20)7-8-16(18)21/h4-10,12H,1-3H3. The number of benzene rings is 2. The van der Waals surface area contributed by atoms with E-state index in [1.54, 1.807) is 24.3 Å². The fourth-order valence-electron chi connectivity index (χ4n) is 2.28. The summed E-state index contributed by atoms with van der Waals surface area (Å²) in [5, 5.41) is 9.67. The van der Waals surface area contributed by atoms with Crippen LogP contribution in [0.25, 0.3) is 6.08 Å². The molecule has 0 aliphatic carbocycles. The SMILES string of the molecule is COc1cccc(C=C(C#N)S(=O)(=O)c2cc(Cl)ccc2Cl)c1OC(C)C. The van der Waals surface area contributed by atoms with Gasteiger partial charge in [-0.15, -0.1) is 0 Å². The van der Waals surface area contributed by atoms with Crippen molar-refractivity contribution in [3.8, 4) is 17.6 Å². The van der Waals surface area contributed by atoms with Crippen molar-refractivity contribution >= 4 is 39.1 Å². The van der Waals surface area contributed by atoms with E-state index in [1.807, 2.05) is 13.8 Å². The van der Waals surface area contributed by atoms with Gasteiger partial charge in [-0.05, 0) is 44.2 Å². The van der Waals surface area contributed by atoms with Crippen LogP contribution in [-0.2, 0) is 9.84 Å². The van der Waals surface area contributed by atoms with Gasteiger partial charge in [-0.1, -0.05) is 35.3 Å². The van der Waals surface area contributed by atoms with Gasteiger partial charge in [-0.3, -0.25) is 0 Å². The Labute approximate surface area is 168 Å². The lowest BCUT2D eigenvalue weighted by atomic mass is 10.1. The lowest BCUT2D eigenvalue weighted by molar-refractivity contribution is 0.229. The first-order valence-electron chi connectivity index (χ1n) is 7.86. The van der Waals surface area contributed by atoms with E-state index in [4.69, 9.17) is 32.7 Å². The Kier molecular flexibility index (Phi) is 6.77. The molecule has 2 aromatic carbocycles. The maximum absolute atomic E-state index is 12.9. The lowest BCUT2D eigenvalue weighted by Crippen LogP contribution is -2.09. The molecular weight excluding hydrogens is 409 g/mol. The minimum absolute atomic E-state index is 0.0233. The summed E-state index contributed by atoms with van der Waals surface area (Å²) in [6, 6.07) is 10.8. The molecule has 0 aromatic heterocycles. The van der Waals surface area contributed by atoms with Crippen LogP contribution in [0.3, 0.4) is 0 Å². The molecule has 2 rings (SSSR count). The molecule has 0 aliphatic rings. The number of para-hydroxylation sites is 1. The number of nitriles is 1. The summed E-state index contributed by atoms with van der Waals surface area (Å²) in [6.07, 6.45) is 1.05. The molecular formula is C19H17Cl2NO4S. The molecule has 0 heterocycles. The van der Waals surface area contributed by atoms with Crippen LogP contribution >= 0.6 is 23.2 Å². The van der Waals surface area contributed by atoms with Crippen molar-refractivity contribution in [1.82, 2.24) is 0 Å². The minimum atomic E-state index is -4.18. The van der Waals surface area contributed by atoms with Crippen LogP contribution in [0.2, 0.25) is 10.0 Å². The third kappa shape index (κ3) is 4.75. The molecule has 2 aromatic rings. The molecule has 0 unspecified atom stereocenters. The summed E-state index contributed by atoms with van der Waals surface area (Å²) >= 11 is 11.9. The van der Waals surface area contributed by atoms with E-state index in [0.29, 0.717) is 17.1 Å². The van der Waals surface area contributed by atoms with Gasteiger partial charge in [0, 0.05) is 10.6 Å². The Bertz CT molecular complexity index is 1020. The third-order valence-electron chi connectivity index (χ3n) is 3.45. The predicted octanol–water partition coefficient (Wildman–Crippen LogP) is 5.13. The number of allylic oxidation sites excluding steroid dienone is 1. The van der Waals surface area contributed by atoms with Crippen LogP contribution in [-0.4, -0.2) is 21.6 Å². The van der Waals surface area contributed by atoms with Crippen LogP contribution in [0.5, 0.6) is 11.5 Å². The molecule has 0 saturated carbocycles. The molecule has 0 N–H and O–H groups in total. The zero-order valence-electron chi connectivity index (χ0n) is 14.9. The van der Waals surface area contributed by atoms with E-state index in [9.17, 15) is 13.7 Å². The van der Waals surface area contributed by atoms with E-state index in [2.05, 4.69) is 0 Å². The Morgan fingerprint density at radius 1 is 1.22 bits per heavy atom. The van der Waals surface area contributed by atoms with Gasteiger partial charge in [0.05, 0.1) is 23.1 Å². The van der Waals surface area contributed by atoms with E-state index >= 15 is 0 Å². The van der Waals surface area contributed by atoms with Crippen molar-refractivity contribution in [3.63, 3.8) is 0 Å². The molecule has 0 aliphatic heterocycles. The Hall–Kier alpha value is -2.20. The lowest BCUT2D eigenvalue weighted by Gasteiger charge is -2.16. The van der Waals surface area contributed by atoms with Gasteiger partial charge in [0.2, 0.25) is 9.84 Å². The molecule has 0 atom stereocenters. The molecule has 142 valence electrons. The van der Waals surface area contributed by atoms with Gasteiger partial charge in [-0.2, -0.15) is 5.26 Å². The van der Waals surface area contributed by atoms with E-state index in [-0.39, 0.29) is 21.0 Å². The first-order valence-corrected chi connectivity index (χ1v) is 10.1. The topological polar surface area (TPSA) is 76.4 Å². The summed E-state index contributed by atoms with van der Waals surface area (Å²) in [7, 11) is -2.70. The average molecular weight is 426 g/mol. The fourth-order valence-corrected chi connectivity index (χ4v) is 4.19. The first-order chi connectivity index (χ1) is 12.7. The maximum atomic E-state index is 12.9. The molecule has 5 nitrogen and oxygen atoms in total. The Balaban J connectivity index is 2.66. The van der Waals surface area contributed by atoms with Crippen LogP contribution in [0, 0.1) is 11.3 Å². The Morgan fingerprint density at radius 3 is 2.52 bits per heavy atom. The highest BCUT2D eigenvalue weighted by atomic mass is 35.5. The van der Waals surface area contributed by atoms with E-state index in [1.165, 1.54) is 31.4 Å². The maximum Gasteiger partial charge on any atom is 0.218 e. The van der Waals surface area contributed by atoms with Crippen LogP contribution in [0.1, 0.15) is 19.4 Å². The highest BCUT2D eigenvalue weighted by Gasteiger charge is 2.25. The normalized spacial score (nSPS) is 12.0. The van der Waals surface area contributed by atoms with Crippen LogP contribution in [0.15, 0.2) is 46.2 Å². The molecule has 0 radical (unpaired) electrons. The largest absolute Gasteiger partial charge is 0.493 e. The zero-order valence-corrected chi connectivity index (χ0v) is 17.2. The first kappa shape index (κ1) is 21.1. The van der Waals surface area contributed by atoms with Gasteiger partial charge in [0.15, 0.2) is 11.5 Å². The summed E-state index contributed by atoms with van der Waals surface area (Å²) in [6.45, 7) is 3.65. The van der Waals surface area contributed by atoms with E-state index < -0.39 is 14.7 Å². The number of methoxy groups -OCH3 is 1. The minimum Gasteiger partial charge on any atom is -0.493 e. The number of hydrogen-bond acceptors (Lipinski definition) is 5. The summed E-state index contributed by atoms with van der Waals surface area (Å²) in [5.41, 5.74) is 0.390. The van der Waals surface area contributed by atoms with Crippen molar-refractivity contribution in [2.24, 2.45) is 0 Å². The molecule has 0 amide bonds. The number of halogens is 2. The predicted molar refractivity (Wildman–Crippen MR) is 106 cm³/mol. The number of sulfone groups is 1. The monoisotopic (exact) mass is 425 g/mol. The fraction of sp³-hybridized carbons (Fsp3) is 0.211. The van der Waals surface area contributed by atoms with Gasteiger partial charge in [0.1, 0.15) is 11.0 Å². The van der Waals surface area contributed by atoms with Crippen LogP contribution < -0.4 is 9.47 Å². The molecule has 0 saturated heterocycles. The second-order valence-electron chi connectivity index (χ2n) is 5.74. The number of nitrogens with zero attached hydrogens (tertiary/aromatic N) is 1. The number of rotatable bonds is 6. The number of ether oxygens (including phenoxy) is 2. The van der Waals surface area contributed by atoms with Crippen molar-refractivity contribution < 1.29 is 17.9 Å². The highest BCUT2D eigenvalue weighted by Crippen LogP contribution is 2.35. The smallest absolute Gasteiger partial charge is 0.218 e. The molecule has 0 spiro atoms. The molecule has 8 heteroatoms. The number of hydrogen-bond donors (Lipinski definition) is 0. The van der Waals surface area contributed by atoms with Gasteiger partial charge < -0.3 is 9.47 Å². The van der Waals surface area contributed by atoms with E-state index in [0.717, 1.165) is 0 Å². The Morgan fingerprint density at radius 2 is 1.93 bits per heavy atom. The van der Waals surface area contributed by atoms with Crippen molar-refractivity contribution in [3.05, 3.63) is 56.9 Å². The van der Waals surface area contributed by atoms with Crippen LogP contribution in [0.4, 0.5) is 0 Å².